The Morgan fingerprint density at radius 1 is 1.33 bits per heavy atom. The zero-order chi connectivity index (χ0) is 11.5. The van der Waals surface area contributed by atoms with Gasteiger partial charge in [-0.1, -0.05) is 0 Å². The monoisotopic (exact) mass is 219 g/mol. The Hall–Kier alpha value is -1.23. The minimum atomic E-state index is -4.31. The standard InChI is InChI=1S/C10H12F3NO/c1-7-6-8(10(11,12)13)2-3-9(7)14-4-5-15/h2-3,6,14-15H,4-5H2,1H3. The molecule has 2 nitrogen and oxygen atoms in total. The lowest BCUT2D eigenvalue weighted by Crippen LogP contribution is -2.09. The molecule has 0 radical (unpaired) electrons. The summed E-state index contributed by atoms with van der Waals surface area (Å²) in [7, 11) is 0. The lowest BCUT2D eigenvalue weighted by Gasteiger charge is -2.11. The summed E-state index contributed by atoms with van der Waals surface area (Å²) in [6, 6.07) is 3.47. The van der Waals surface area contributed by atoms with Crippen LogP contribution in [-0.2, 0) is 6.18 Å². The van der Waals surface area contributed by atoms with Gasteiger partial charge in [-0.2, -0.15) is 13.2 Å². The van der Waals surface area contributed by atoms with Crippen molar-refractivity contribution < 1.29 is 18.3 Å². The van der Waals surface area contributed by atoms with Gasteiger partial charge in [0.1, 0.15) is 0 Å². The van der Waals surface area contributed by atoms with Crippen LogP contribution < -0.4 is 5.32 Å². The second-order valence-electron chi connectivity index (χ2n) is 3.18. The summed E-state index contributed by atoms with van der Waals surface area (Å²) in [5, 5.41) is 11.4. The van der Waals surface area contributed by atoms with Crippen molar-refractivity contribution >= 4 is 5.69 Å². The Balaban J connectivity index is 2.88. The predicted octanol–water partition coefficient (Wildman–Crippen LogP) is 2.42. The first-order valence-electron chi connectivity index (χ1n) is 4.47. The molecule has 1 rings (SSSR count). The van der Waals surface area contributed by atoms with E-state index in [9.17, 15) is 13.2 Å². The molecular formula is C10H12F3NO. The molecule has 1 aromatic carbocycles. The van der Waals surface area contributed by atoms with Crippen LogP contribution in [-0.4, -0.2) is 18.3 Å². The molecule has 0 bridgehead atoms. The number of alkyl halides is 3. The lowest BCUT2D eigenvalue weighted by molar-refractivity contribution is -0.137. The van der Waals surface area contributed by atoms with Gasteiger partial charge in [0.15, 0.2) is 0 Å². The maximum atomic E-state index is 12.3. The fourth-order valence-corrected chi connectivity index (χ4v) is 1.23. The van der Waals surface area contributed by atoms with Crippen LogP contribution in [0.15, 0.2) is 18.2 Å². The molecule has 0 spiro atoms. The van der Waals surface area contributed by atoms with Gasteiger partial charge in [-0.25, -0.2) is 0 Å². The van der Waals surface area contributed by atoms with Gasteiger partial charge in [0, 0.05) is 12.2 Å². The first-order chi connectivity index (χ1) is 6.95. The Bertz CT molecular complexity index is 336. The highest BCUT2D eigenvalue weighted by molar-refractivity contribution is 5.52. The number of anilines is 1. The number of aliphatic hydroxyl groups is 1. The van der Waals surface area contributed by atoms with Crippen molar-refractivity contribution in [3.8, 4) is 0 Å². The van der Waals surface area contributed by atoms with Crippen LogP contribution in [0.5, 0.6) is 0 Å². The van der Waals surface area contributed by atoms with Crippen molar-refractivity contribution in [2.75, 3.05) is 18.5 Å². The molecule has 0 aromatic heterocycles. The second kappa shape index (κ2) is 4.53. The van der Waals surface area contributed by atoms with Gasteiger partial charge in [-0.3, -0.25) is 0 Å². The third-order valence-electron chi connectivity index (χ3n) is 1.98. The van der Waals surface area contributed by atoms with Gasteiger partial charge in [0.05, 0.1) is 12.2 Å². The van der Waals surface area contributed by atoms with Crippen LogP contribution in [0.4, 0.5) is 18.9 Å². The lowest BCUT2D eigenvalue weighted by atomic mass is 10.1. The van der Waals surface area contributed by atoms with Gasteiger partial charge in [0.25, 0.3) is 0 Å². The zero-order valence-electron chi connectivity index (χ0n) is 8.23. The van der Waals surface area contributed by atoms with Crippen molar-refractivity contribution in [3.05, 3.63) is 29.3 Å². The maximum absolute atomic E-state index is 12.3. The topological polar surface area (TPSA) is 32.3 Å². The summed E-state index contributed by atoms with van der Waals surface area (Å²) in [6.07, 6.45) is -4.31. The number of aryl methyl sites for hydroxylation is 1. The average molecular weight is 219 g/mol. The molecule has 0 aliphatic carbocycles. The Labute approximate surface area is 85.7 Å². The number of aliphatic hydroxyl groups excluding tert-OH is 1. The number of nitrogens with one attached hydrogen (secondary N) is 1. The summed E-state index contributed by atoms with van der Waals surface area (Å²) in [6.45, 7) is 1.86. The molecule has 0 unspecified atom stereocenters. The molecule has 0 saturated carbocycles. The second-order valence-corrected chi connectivity index (χ2v) is 3.18. The maximum Gasteiger partial charge on any atom is 0.416 e. The number of hydrogen-bond acceptors (Lipinski definition) is 2. The fourth-order valence-electron chi connectivity index (χ4n) is 1.23. The molecule has 0 amide bonds. The fraction of sp³-hybridized carbons (Fsp3) is 0.400. The van der Waals surface area contributed by atoms with Crippen LogP contribution >= 0.6 is 0 Å². The predicted molar refractivity (Wildman–Crippen MR) is 51.8 cm³/mol. The third-order valence-corrected chi connectivity index (χ3v) is 1.98. The normalized spacial score (nSPS) is 11.5. The van der Waals surface area contributed by atoms with Crippen molar-refractivity contribution in [2.45, 2.75) is 13.1 Å². The third kappa shape index (κ3) is 3.13. The molecule has 1 aromatic rings. The molecule has 0 aliphatic heterocycles. The largest absolute Gasteiger partial charge is 0.416 e. The molecule has 5 heteroatoms. The van der Waals surface area contributed by atoms with Crippen molar-refractivity contribution in [2.24, 2.45) is 0 Å². The number of hydrogen-bond donors (Lipinski definition) is 2. The first-order valence-corrected chi connectivity index (χ1v) is 4.47. The summed E-state index contributed by atoms with van der Waals surface area (Å²) < 4.78 is 36.9. The van der Waals surface area contributed by atoms with Crippen LogP contribution in [0, 0.1) is 6.92 Å². The van der Waals surface area contributed by atoms with Gasteiger partial charge < -0.3 is 10.4 Å². The highest BCUT2D eigenvalue weighted by Gasteiger charge is 2.30. The Morgan fingerprint density at radius 2 is 2.00 bits per heavy atom. The molecule has 15 heavy (non-hydrogen) atoms. The molecule has 2 N–H and O–H groups in total. The van der Waals surface area contributed by atoms with E-state index in [4.69, 9.17) is 5.11 Å². The number of rotatable bonds is 3. The van der Waals surface area contributed by atoms with E-state index in [-0.39, 0.29) is 6.61 Å². The van der Waals surface area contributed by atoms with Gasteiger partial charge >= 0.3 is 6.18 Å². The minimum absolute atomic E-state index is 0.0551. The van der Waals surface area contributed by atoms with Crippen molar-refractivity contribution in [1.29, 1.82) is 0 Å². The number of halogens is 3. The van der Waals surface area contributed by atoms with Gasteiger partial charge in [-0.05, 0) is 30.7 Å². The molecule has 84 valence electrons. The Kier molecular flexibility index (Phi) is 3.57. The Morgan fingerprint density at radius 3 is 2.47 bits per heavy atom. The first kappa shape index (κ1) is 11.8. The van der Waals surface area contributed by atoms with E-state index < -0.39 is 11.7 Å². The quantitative estimate of drug-likeness (QED) is 0.818. The van der Waals surface area contributed by atoms with Crippen LogP contribution in [0.25, 0.3) is 0 Å². The van der Waals surface area contributed by atoms with Gasteiger partial charge in [0.2, 0.25) is 0 Å². The van der Waals surface area contributed by atoms with Crippen LogP contribution in [0.1, 0.15) is 11.1 Å². The SMILES string of the molecule is Cc1cc(C(F)(F)F)ccc1NCCO. The molecule has 0 heterocycles. The van der Waals surface area contributed by atoms with E-state index in [2.05, 4.69) is 5.32 Å². The average Bonchev–Trinajstić information content (AvgIpc) is 2.14. The summed E-state index contributed by atoms with van der Waals surface area (Å²) in [4.78, 5) is 0. The molecule has 0 fully saturated rings. The number of benzene rings is 1. The highest BCUT2D eigenvalue weighted by Crippen LogP contribution is 2.31. The van der Waals surface area contributed by atoms with E-state index in [0.717, 1.165) is 12.1 Å². The van der Waals surface area contributed by atoms with E-state index in [1.807, 2.05) is 0 Å². The molecule has 0 atom stereocenters. The van der Waals surface area contributed by atoms with E-state index in [1.165, 1.54) is 6.07 Å². The van der Waals surface area contributed by atoms with E-state index in [0.29, 0.717) is 17.8 Å². The summed E-state index contributed by atoms with van der Waals surface area (Å²) in [5.41, 5.74) is 0.463. The highest BCUT2D eigenvalue weighted by atomic mass is 19.4. The van der Waals surface area contributed by atoms with Crippen LogP contribution in [0.3, 0.4) is 0 Å². The van der Waals surface area contributed by atoms with E-state index >= 15 is 0 Å². The summed E-state index contributed by atoms with van der Waals surface area (Å²) in [5.74, 6) is 0. The summed E-state index contributed by atoms with van der Waals surface area (Å²) >= 11 is 0. The minimum Gasteiger partial charge on any atom is -0.395 e. The van der Waals surface area contributed by atoms with Crippen LogP contribution in [0.2, 0.25) is 0 Å². The smallest absolute Gasteiger partial charge is 0.395 e. The zero-order valence-corrected chi connectivity index (χ0v) is 8.23. The van der Waals surface area contributed by atoms with Gasteiger partial charge in [-0.15, -0.1) is 0 Å². The van der Waals surface area contributed by atoms with E-state index in [1.54, 1.807) is 6.92 Å². The molecule has 0 aliphatic rings. The van der Waals surface area contributed by atoms with Crippen molar-refractivity contribution in [3.63, 3.8) is 0 Å². The molecule has 0 saturated heterocycles. The molecular weight excluding hydrogens is 207 g/mol. The van der Waals surface area contributed by atoms with Crippen molar-refractivity contribution in [1.82, 2.24) is 0 Å².